The molecular formula is C15H28N4. The van der Waals surface area contributed by atoms with Gasteiger partial charge in [0, 0.05) is 19.3 Å². The maximum absolute atomic E-state index is 4.57. The lowest BCUT2D eigenvalue weighted by Gasteiger charge is -2.15. The zero-order valence-electron chi connectivity index (χ0n) is 12.7. The van der Waals surface area contributed by atoms with Gasteiger partial charge >= 0.3 is 0 Å². The van der Waals surface area contributed by atoms with Crippen molar-refractivity contribution >= 4 is 5.95 Å². The average Bonchev–Trinajstić information content (AvgIpc) is 2.94. The third-order valence-electron chi connectivity index (χ3n) is 3.59. The molecule has 0 amide bonds. The van der Waals surface area contributed by atoms with Crippen LogP contribution in [0.25, 0.3) is 0 Å². The fraction of sp³-hybridized carbons (Fsp3) is 0.800. The van der Waals surface area contributed by atoms with Crippen molar-refractivity contribution in [3.63, 3.8) is 0 Å². The van der Waals surface area contributed by atoms with Crippen molar-refractivity contribution in [3.05, 3.63) is 11.9 Å². The van der Waals surface area contributed by atoms with Crippen LogP contribution in [0.4, 0.5) is 5.95 Å². The zero-order valence-corrected chi connectivity index (χ0v) is 12.7. The molecule has 4 nitrogen and oxygen atoms in total. The lowest BCUT2D eigenvalue weighted by Crippen LogP contribution is -2.22. The second-order valence-corrected chi connectivity index (χ2v) is 6.08. The van der Waals surface area contributed by atoms with E-state index in [2.05, 4.69) is 46.7 Å². The standard InChI is InChI=1S/C15H28N4/c1-13(2)11-19-12-14(3)17-15(19)16-7-6-10-18-8-4-5-9-18/h12-13H,4-11H2,1-3H3,(H,16,17). The van der Waals surface area contributed by atoms with Crippen molar-refractivity contribution in [1.29, 1.82) is 0 Å². The summed E-state index contributed by atoms with van der Waals surface area (Å²) < 4.78 is 2.25. The van der Waals surface area contributed by atoms with E-state index in [1.807, 2.05) is 0 Å². The van der Waals surface area contributed by atoms with Crippen LogP contribution in [-0.2, 0) is 6.54 Å². The molecule has 1 aliphatic rings. The minimum atomic E-state index is 0.652. The van der Waals surface area contributed by atoms with Gasteiger partial charge in [-0.2, -0.15) is 0 Å². The first-order chi connectivity index (χ1) is 9.15. The number of nitrogens with zero attached hydrogens (tertiary/aromatic N) is 3. The van der Waals surface area contributed by atoms with E-state index in [0.29, 0.717) is 5.92 Å². The molecular weight excluding hydrogens is 236 g/mol. The van der Waals surface area contributed by atoms with E-state index in [-0.39, 0.29) is 0 Å². The highest BCUT2D eigenvalue weighted by molar-refractivity contribution is 5.28. The Kier molecular flexibility index (Phi) is 5.25. The maximum Gasteiger partial charge on any atom is 0.203 e. The highest BCUT2D eigenvalue weighted by Gasteiger charge is 2.11. The fourth-order valence-corrected chi connectivity index (χ4v) is 2.73. The van der Waals surface area contributed by atoms with E-state index in [9.17, 15) is 0 Å². The van der Waals surface area contributed by atoms with Crippen LogP contribution in [-0.4, -0.2) is 40.6 Å². The van der Waals surface area contributed by atoms with Gasteiger partial charge in [0.1, 0.15) is 0 Å². The summed E-state index contributed by atoms with van der Waals surface area (Å²) in [6.45, 7) is 12.4. The molecule has 19 heavy (non-hydrogen) atoms. The van der Waals surface area contributed by atoms with Crippen molar-refractivity contribution in [2.75, 3.05) is 31.5 Å². The van der Waals surface area contributed by atoms with E-state index in [0.717, 1.165) is 24.7 Å². The van der Waals surface area contributed by atoms with Gasteiger partial charge in [0.2, 0.25) is 5.95 Å². The number of nitrogens with one attached hydrogen (secondary N) is 1. The van der Waals surface area contributed by atoms with Gasteiger partial charge in [-0.3, -0.25) is 0 Å². The van der Waals surface area contributed by atoms with E-state index in [1.165, 1.54) is 38.9 Å². The molecule has 1 fully saturated rings. The first-order valence-corrected chi connectivity index (χ1v) is 7.65. The summed E-state index contributed by atoms with van der Waals surface area (Å²) in [6.07, 6.45) is 6.10. The number of anilines is 1. The van der Waals surface area contributed by atoms with Crippen LogP contribution in [0.3, 0.4) is 0 Å². The molecule has 1 N–H and O–H groups in total. The largest absolute Gasteiger partial charge is 0.356 e. The van der Waals surface area contributed by atoms with E-state index < -0.39 is 0 Å². The smallest absolute Gasteiger partial charge is 0.203 e. The molecule has 1 aromatic heterocycles. The zero-order chi connectivity index (χ0) is 13.7. The number of hydrogen-bond donors (Lipinski definition) is 1. The summed E-state index contributed by atoms with van der Waals surface area (Å²) in [7, 11) is 0. The summed E-state index contributed by atoms with van der Waals surface area (Å²) in [5.74, 6) is 1.69. The summed E-state index contributed by atoms with van der Waals surface area (Å²) >= 11 is 0. The van der Waals surface area contributed by atoms with Crippen LogP contribution < -0.4 is 5.32 Å². The molecule has 1 aromatic rings. The van der Waals surface area contributed by atoms with Crippen molar-refractivity contribution in [1.82, 2.24) is 14.5 Å². The molecule has 0 saturated carbocycles. The van der Waals surface area contributed by atoms with Crippen LogP contribution in [0, 0.1) is 12.8 Å². The molecule has 0 atom stereocenters. The van der Waals surface area contributed by atoms with Crippen LogP contribution in [0.5, 0.6) is 0 Å². The molecule has 1 aliphatic heterocycles. The second kappa shape index (κ2) is 6.94. The van der Waals surface area contributed by atoms with Gasteiger partial charge < -0.3 is 14.8 Å². The van der Waals surface area contributed by atoms with Gasteiger partial charge in [-0.25, -0.2) is 4.98 Å². The minimum absolute atomic E-state index is 0.652. The molecule has 0 unspecified atom stereocenters. The van der Waals surface area contributed by atoms with Crippen molar-refractivity contribution in [2.45, 2.75) is 46.6 Å². The number of aryl methyl sites for hydroxylation is 1. The molecule has 0 aromatic carbocycles. The SMILES string of the molecule is Cc1cn(CC(C)C)c(NCCCN2CCCC2)n1. The van der Waals surface area contributed by atoms with Gasteiger partial charge in [-0.1, -0.05) is 13.8 Å². The predicted octanol–water partition coefficient (Wildman–Crippen LogP) is 2.75. The number of rotatable bonds is 7. The number of likely N-dealkylation sites (tertiary alicyclic amines) is 1. The molecule has 1 saturated heterocycles. The van der Waals surface area contributed by atoms with E-state index in [4.69, 9.17) is 0 Å². The Balaban J connectivity index is 1.75. The Hall–Kier alpha value is -1.03. The highest BCUT2D eigenvalue weighted by Crippen LogP contribution is 2.12. The van der Waals surface area contributed by atoms with Gasteiger partial charge in [-0.05, 0) is 51.7 Å². The third kappa shape index (κ3) is 4.53. The normalized spacial score (nSPS) is 16.4. The summed E-state index contributed by atoms with van der Waals surface area (Å²) in [5, 5.41) is 3.49. The Bertz CT molecular complexity index is 377. The van der Waals surface area contributed by atoms with Crippen molar-refractivity contribution in [2.24, 2.45) is 5.92 Å². The number of hydrogen-bond acceptors (Lipinski definition) is 3. The lowest BCUT2D eigenvalue weighted by atomic mass is 10.2. The van der Waals surface area contributed by atoms with Crippen LogP contribution in [0.1, 0.15) is 38.8 Å². The van der Waals surface area contributed by atoms with Crippen LogP contribution >= 0.6 is 0 Å². The van der Waals surface area contributed by atoms with Gasteiger partial charge in [0.15, 0.2) is 0 Å². The van der Waals surface area contributed by atoms with Crippen LogP contribution in [0.2, 0.25) is 0 Å². The Morgan fingerprint density at radius 2 is 2.05 bits per heavy atom. The Morgan fingerprint density at radius 3 is 2.74 bits per heavy atom. The Labute approximate surface area is 117 Å². The van der Waals surface area contributed by atoms with Crippen molar-refractivity contribution < 1.29 is 0 Å². The molecule has 4 heteroatoms. The average molecular weight is 264 g/mol. The van der Waals surface area contributed by atoms with Crippen LogP contribution in [0.15, 0.2) is 6.20 Å². The Morgan fingerprint density at radius 1 is 1.32 bits per heavy atom. The highest BCUT2D eigenvalue weighted by atomic mass is 15.2. The van der Waals surface area contributed by atoms with Gasteiger partial charge in [-0.15, -0.1) is 0 Å². The number of aromatic nitrogens is 2. The van der Waals surface area contributed by atoms with Gasteiger partial charge in [0.05, 0.1) is 5.69 Å². The number of imidazole rings is 1. The second-order valence-electron chi connectivity index (χ2n) is 6.08. The summed E-state index contributed by atoms with van der Waals surface area (Å²) in [5.41, 5.74) is 1.10. The molecule has 0 radical (unpaired) electrons. The summed E-state index contributed by atoms with van der Waals surface area (Å²) in [4.78, 5) is 7.13. The van der Waals surface area contributed by atoms with Gasteiger partial charge in [0.25, 0.3) is 0 Å². The summed E-state index contributed by atoms with van der Waals surface area (Å²) in [6, 6.07) is 0. The lowest BCUT2D eigenvalue weighted by molar-refractivity contribution is 0.337. The molecule has 2 heterocycles. The molecule has 2 rings (SSSR count). The maximum atomic E-state index is 4.57. The molecule has 0 bridgehead atoms. The van der Waals surface area contributed by atoms with Crippen molar-refractivity contribution in [3.8, 4) is 0 Å². The van der Waals surface area contributed by atoms with E-state index in [1.54, 1.807) is 0 Å². The first-order valence-electron chi connectivity index (χ1n) is 7.65. The first kappa shape index (κ1) is 14.4. The molecule has 0 aliphatic carbocycles. The minimum Gasteiger partial charge on any atom is -0.356 e. The topological polar surface area (TPSA) is 33.1 Å². The molecule has 108 valence electrons. The predicted molar refractivity (Wildman–Crippen MR) is 80.6 cm³/mol. The third-order valence-corrected chi connectivity index (χ3v) is 3.59. The quantitative estimate of drug-likeness (QED) is 0.769. The fourth-order valence-electron chi connectivity index (χ4n) is 2.73. The van der Waals surface area contributed by atoms with E-state index >= 15 is 0 Å². The monoisotopic (exact) mass is 264 g/mol. The molecule has 0 spiro atoms.